The highest BCUT2D eigenvalue weighted by Gasteiger charge is 2.39. The lowest BCUT2D eigenvalue weighted by Crippen LogP contribution is -2.32. The van der Waals surface area contributed by atoms with Crippen LogP contribution in [0.5, 0.6) is 0 Å². The van der Waals surface area contributed by atoms with Crippen molar-refractivity contribution in [3.05, 3.63) is 119 Å². The number of nitrogens with zero attached hydrogens (tertiary/aromatic N) is 15. The van der Waals surface area contributed by atoms with Crippen LogP contribution in [0.2, 0.25) is 0 Å². The summed E-state index contributed by atoms with van der Waals surface area (Å²) in [6, 6.07) is 9.07. The predicted octanol–water partition coefficient (Wildman–Crippen LogP) is 6.84. The monoisotopic (exact) mass is 1010 g/mol. The van der Waals surface area contributed by atoms with Crippen LogP contribution in [0.3, 0.4) is 0 Å². The summed E-state index contributed by atoms with van der Waals surface area (Å²) in [5, 5.41) is 31.5. The van der Waals surface area contributed by atoms with Gasteiger partial charge >= 0.3 is 30.1 Å². The molecule has 354 valence electrons. The van der Waals surface area contributed by atoms with Crippen molar-refractivity contribution in [3.8, 4) is 21.4 Å². The number of alkyl halides is 6. The molecular weight excluding hydrogens is 977 g/mol. The number of aromatic nitrogens is 12. The van der Waals surface area contributed by atoms with E-state index in [0.717, 1.165) is 48.4 Å². The molecule has 0 unspecified atom stereocenters. The fourth-order valence-electron chi connectivity index (χ4n) is 5.32. The van der Waals surface area contributed by atoms with Gasteiger partial charge in [-0.15, -0.1) is 32.9 Å². The predicted molar refractivity (Wildman–Crippen MR) is 226 cm³/mol. The third kappa shape index (κ3) is 11.9. The van der Waals surface area contributed by atoms with Crippen molar-refractivity contribution in [2.45, 2.75) is 32.9 Å². The third-order valence-corrected chi connectivity index (χ3v) is 11.8. The van der Waals surface area contributed by atoms with E-state index in [1.165, 1.54) is 55.4 Å². The second kappa shape index (κ2) is 20.3. The van der Waals surface area contributed by atoms with Gasteiger partial charge < -0.3 is 24.0 Å². The first-order chi connectivity index (χ1) is 31.7. The second-order valence-corrected chi connectivity index (χ2v) is 17.5. The molecule has 22 nitrogen and oxygen atoms in total. The minimum absolute atomic E-state index is 0. The van der Waals surface area contributed by atoms with Crippen molar-refractivity contribution in [1.29, 1.82) is 0 Å². The van der Waals surface area contributed by atoms with Gasteiger partial charge in [-0.1, -0.05) is 17.7 Å². The smallest absolute Gasteiger partial charge is 0.471 e. The number of amides is 1. The van der Waals surface area contributed by atoms with Crippen LogP contribution in [0.25, 0.3) is 21.4 Å². The lowest BCUT2D eigenvalue weighted by atomic mass is 10.2. The van der Waals surface area contributed by atoms with Crippen LogP contribution in [0.15, 0.2) is 95.0 Å². The zero-order valence-corrected chi connectivity index (χ0v) is 36.0. The zero-order chi connectivity index (χ0) is 48.1. The zero-order valence-electron chi connectivity index (χ0n) is 33.6. The summed E-state index contributed by atoms with van der Waals surface area (Å²) in [7, 11) is -2.69. The van der Waals surface area contributed by atoms with Crippen LogP contribution in [-0.2, 0) is 35.5 Å². The molecule has 0 fully saturated rings. The Morgan fingerprint density at radius 3 is 1.50 bits per heavy atom. The molecule has 0 atom stereocenters. The molecule has 8 aromatic rings. The Bertz CT molecular complexity index is 3120. The van der Waals surface area contributed by atoms with Gasteiger partial charge in [0.15, 0.2) is 23.3 Å². The molecule has 0 bridgehead atoms. The van der Waals surface area contributed by atoms with Crippen molar-refractivity contribution in [2.75, 3.05) is 23.1 Å². The Balaban J connectivity index is 0.000000223. The van der Waals surface area contributed by atoms with E-state index in [1.807, 2.05) is 0 Å². The van der Waals surface area contributed by atoms with Gasteiger partial charge in [-0.3, -0.25) is 14.8 Å². The third-order valence-electron chi connectivity index (χ3n) is 8.49. The number of anilines is 4. The Labute approximate surface area is 386 Å². The first kappa shape index (κ1) is 49.5. The number of carboxylic acid groups (broad SMARTS) is 1. The maximum Gasteiger partial charge on any atom is 0.471 e. The molecule has 0 spiro atoms. The van der Waals surface area contributed by atoms with E-state index >= 15 is 0 Å². The molecular formula is C37H29F6N15O7S3. The largest absolute Gasteiger partial charge is 0.478 e. The molecule has 0 aliphatic carbocycles. The molecule has 1 N–H and O–H groups in total. The van der Waals surface area contributed by atoms with Gasteiger partial charge in [0.25, 0.3) is 5.91 Å². The van der Waals surface area contributed by atoms with Gasteiger partial charge in [0.2, 0.25) is 21.7 Å². The number of carbonyl (C=O) groups excluding carboxylic acids is 1. The summed E-state index contributed by atoms with van der Waals surface area (Å²) in [5.74, 6) is -4.25. The van der Waals surface area contributed by atoms with Crippen molar-refractivity contribution >= 4 is 67.8 Å². The van der Waals surface area contributed by atoms with Crippen molar-refractivity contribution in [1.82, 2.24) is 64.9 Å². The molecule has 8 aromatic heterocycles. The van der Waals surface area contributed by atoms with Crippen molar-refractivity contribution in [2.24, 2.45) is 0 Å². The molecule has 1 amide bonds. The van der Waals surface area contributed by atoms with E-state index < -0.39 is 46.0 Å². The number of rotatable bonds is 13. The van der Waals surface area contributed by atoms with Gasteiger partial charge in [-0.25, -0.2) is 27.5 Å². The van der Waals surface area contributed by atoms with Crippen LogP contribution in [-0.4, -0.2) is 104 Å². The number of halogens is 6. The number of carboxylic acids is 1. The molecule has 0 aliphatic heterocycles. The lowest BCUT2D eigenvalue weighted by molar-refractivity contribution is -0.160. The van der Waals surface area contributed by atoms with Crippen LogP contribution in [0, 0.1) is 0 Å². The molecule has 0 saturated carbocycles. The summed E-state index contributed by atoms with van der Waals surface area (Å²) < 4.78 is 109. The normalized spacial score (nSPS) is 11.5. The Hall–Kier alpha value is -7.93. The number of hydrogen-bond acceptors (Lipinski definition) is 22. The quantitative estimate of drug-likeness (QED) is 0.116. The standard InChI is InChI=1S/C19H15F3N8O4S2.C17H10F3N7O3S.CH4/c1-29(36(2,32)33)17(31)11-7-14(27-25-8-11)30(15-9-23-5-6-24-15)10-12-3-4-13(35-12)16-26-18(34-28-16)19(20,21)22;18-17(19,20)16-24-14(26-30-16)11-2-1-10(31-11)8-27(13-7-21-3-4-22-13)12-5-9(15(28)29)6-23-25-12;/h3-9H,10H2,1-2H3;1-7H,8H2,(H,28,29);1H4. The van der Waals surface area contributed by atoms with E-state index in [2.05, 4.69) is 69.7 Å². The minimum Gasteiger partial charge on any atom is -0.478 e. The fourth-order valence-corrected chi connectivity index (χ4v) is 7.57. The van der Waals surface area contributed by atoms with E-state index in [1.54, 1.807) is 28.0 Å². The summed E-state index contributed by atoms with van der Waals surface area (Å²) in [5.41, 5.74) is -0.114. The van der Waals surface area contributed by atoms with Crippen LogP contribution < -0.4 is 9.80 Å². The molecule has 8 heterocycles. The molecule has 31 heteroatoms. The molecule has 0 aliphatic rings. The summed E-state index contributed by atoms with van der Waals surface area (Å²) in [6.45, 7) is 0.257. The Kier molecular flexibility index (Phi) is 14.8. The Morgan fingerprint density at radius 2 is 1.12 bits per heavy atom. The van der Waals surface area contributed by atoms with E-state index in [-0.39, 0.29) is 54.9 Å². The second-order valence-electron chi connectivity index (χ2n) is 13.1. The fraction of sp³-hybridized carbons (Fsp3) is 0.189. The highest BCUT2D eigenvalue weighted by molar-refractivity contribution is 7.88. The Morgan fingerprint density at radius 1 is 0.676 bits per heavy atom. The number of hydrogen-bond donors (Lipinski definition) is 1. The minimum atomic E-state index is -4.76. The first-order valence-electron chi connectivity index (χ1n) is 18.2. The molecule has 8 rings (SSSR count). The van der Waals surface area contributed by atoms with Gasteiger partial charge in [0.05, 0.1) is 65.0 Å². The average molecular weight is 1010 g/mol. The highest BCUT2D eigenvalue weighted by atomic mass is 32.2. The molecule has 68 heavy (non-hydrogen) atoms. The van der Waals surface area contributed by atoms with Crippen LogP contribution in [0.4, 0.5) is 49.6 Å². The van der Waals surface area contributed by atoms with E-state index in [9.17, 15) is 49.5 Å². The van der Waals surface area contributed by atoms with Gasteiger partial charge in [-0.2, -0.15) is 46.5 Å². The summed E-state index contributed by atoms with van der Waals surface area (Å²) in [6.07, 6.45) is 2.32. The molecule has 0 aromatic carbocycles. The van der Waals surface area contributed by atoms with Crippen molar-refractivity contribution < 1.29 is 58.5 Å². The lowest BCUT2D eigenvalue weighted by Gasteiger charge is -2.22. The van der Waals surface area contributed by atoms with Gasteiger partial charge in [0, 0.05) is 41.6 Å². The maximum atomic E-state index is 12.8. The first-order valence-corrected chi connectivity index (χ1v) is 21.7. The van der Waals surface area contributed by atoms with Gasteiger partial charge in [0.1, 0.15) is 0 Å². The highest BCUT2D eigenvalue weighted by Crippen LogP contribution is 2.35. The summed E-state index contributed by atoms with van der Waals surface area (Å²) >= 11 is 2.23. The van der Waals surface area contributed by atoms with Crippen molar-refractivity contribution in [3.63, 3.8) is 0 Å². The van der Waals surface area contributed by atoms with Crippen LogP contribution in [0.1, 0.15) is 49.7 Å². The van der Waals surface area contributed by atoms with Crippen LogP contribution >= 0.6 is 22.7 Å². The number of carbonyl (C=O) groups is 2. The maximum absolute atomic E-state index is 12.8. The average Bonchev–Trinajstić information content (AvgIpc) is 4.15. The van der Waals surface area contributed by atoms with E-state index in [4.69, 9.17) is 0 Å². The van der Waals surface area contributed by atoms with E-state index in [0.29, 0.717) is 35.4 Å². The number of sulfonamides is 1. The van der Waals surface area contributed by atoms with Gasteiger partial charge in [-0.05, 0) is 36.4 Å². The number of thiophene rings is 2. The summed E-state index contributed by atoms with van der Waals surface area (Å²) in [4.78, 5) is 52.3. The molecule has 0 radical (unpaired) electrons. The topological polar surface area (TPSA) is 279 Å². The molecule has 0 saturated heterocycles. The SMILES string of the molecule is C.CN(C(=O)c1cnnc(N(Cc2ccc(-c3noc(C(F)(F)F)n3)s2)c2cnccn2)c1)S(C)(=O)=O.O=C(O)c1cnnc(N(Cc2ccc(-c3noc(C(F)(F)F)n3)s2)c2cnccn2)c1. The number of aromatic carboxylic acids is 1.